The quantitative estimate of drug-likeness (QED) is 0.739. The van der Waals surface area contributed by atoms with Gasteiger partial charge in [-0.05, 0) is 38.5 Å². The van der Waals surface area contributed by atoms with Gasteiger partial charge in [-0.3, -0.25) is 0 Å². The van der Waals surface area contributed by atoms with Crippen molar-refractivity contribution in [2.24, 2.45) is 0 Å². The van der Waals surface area contributed by atoms with Crippen LogP contribution in [-0.2, 0) is 10.0 Å². The van der Waals surface area contributed by atoms with Crippen LogP contribution in [0.15, 0.2) is 17.0 Å². The first-order valence-corrected chi connectivity index (χ1v) is 7.38. The predicted octanol–water partition coefficient (Wildman–Crippen LogP) is 1.63. The molecule has 1 aromatic carbocycles. The fourth-order valence-electron chi connectivity index (χ4n) is 1.34. The summed E-state index contributed by atoms with van der Waals surface area (Å²) >= 11 is 5.87. The Kier molecular flexibility index (Phi) is 4.65. The van der Waals surface area contributed by atoms with Crippen LogP contribution in [0.2, 0.25) is 5.02 Å². The molecule has 0 aliphatic rings. The first-order chi connectivity index (χ1) is 8.63. The number of urea groups is 1. The van der Waals surface area contributed by atoms with E-state index < -0.39 is 16.1 Å². The molecule has 1 aromatic rings. The third-order valence-electron chi connectivity index (χ3n) is 2.26. The molecule has 0 aliphatic heterocycles. The van der Waals surface area contributed by atoms with Gasteiger partial charge in [0.05, 0.1) is 5.02 Å². The van der Waals surface area contributed by atoms with Gasteiger partial charge in [-0.1, -0.05) is 11.6 Å². The summed E-state index contributed by atoms with van der Waals surface area (Å²) in [7, 11) is -4.05. The monoisotopic (exact) mass is 305 g/mol. The lowest BCUT2D eigenvalue weighted by Crippen LogP contribution is -2.42. The molecule has 6 nitrogen and oxygen atoms in total. The number of nitrogen functional groups attached to an aromatic ring is 1. The molecule has 106 valence electrons. The third-order valence-corrected chi connectivity index (χ3v) is 4.05. The molecule has 0 aliphatic carbocycles. The fraction of sp³-hybridized carbons (Fsp3) is 0.364. The standard InChI is InChI=1S/C11H16ClN3O3S/c1-6(2)14-11(16)15-19(17,18)10-5-9(13)7(3)4-8(10)12/h4-6H,13H2,1-3H3,(H2,14,15,16). The minimum absolute atomic E-state index is 0.0107. The Balaban J connectivity index is 3.08. The highest BCUT2D eigenvalue weighted by Gasteiger charge is 2.22. The number of carbonyl (C=O) groups excluding carboxylic acids is 1. The van der Waals surface area contributed by atoms with E-state index in [1.165, 1.54) is 12.1 Å². The van der Waals surface area contributed by atoms with Gasteiger partial charge in [-0.25, -0.2) is 17.9 Å². The van der Waals surface area contributed by atoms with Crippen LogP contribution in [0, 0.1) is 6.92 Å². The van der Waals surface area contributed by atoms with Crippen molar-refractivity contribution in [1.82, 2.24) is 10.0 Å². The number of nitrogens with one attached hydrogen (secondary N) is 2. The Morgan fingerprint density at radius 2 is 1.95 bits per heavy atom. The van der Waals surface area contributed by atoms with Crippen LogP contribution in [0.5, 0.6) is 0 Å². The highest BCUT2D eigenvalue weighted by molar-refractivity contribution is 7.90. The second-order valence-electron chi connectivity index (χ2n) is 4.37. The van der Waals surface area contributed by atoms with Crippen LogP contribution >= 0.6 is 11.6 Å². The summed E-state index contributed by atoms with van der Waals surface area (Å²) in [6.45, 7) is 5.13. The zero-order valence-electron chi connectivity index (χ0n) is 10.8. The van der Waals surface area contributed by atoms with E-state index in [0.717, 1.165) is 0 Å². The first kappa shape index (κ1) is 15.6. The Morgan fingerprint density at radius 1 is 1.37 bits per heavy atom. The number of sulfonamides is 1. The van der Waals surface area contributed by atoms with Gasteiger partial charge in [-0.2, -0.15) is 0 Å². The summed E-state index contributed by atoms with van der Waals surface area (Å²) in [6.07, 6.45) is 0. The SMILES string of the molecule is Cc1cc(Cl)c(S(=O)(=O)NC(=O)NC(C)C)cc1N. The number of nitrogens with two attached hydrogens (primary N) is 1. The molecule has 0 heterocycles. The van der Waals surface area contributed by atoms with Gasteiger partial charge < -0.3 is 11.1 Å². The molecular weight excluding hydrogens is 290 g/mol. The number of hydrogen-bond acceptors (Lipinski definition) is 4. The number of amides is 2. The molecule has 0 bridgehead atoms. The summed E-state index contributed by atoms with van der Waals surface area (Å²) in [5.74, 6) is 0. The molecule has 19 heavy (non-hydrogen) atoms. The van der Waals surface area contributed by atoms with E-state index in [9.17, 15) is 13.2 Å². The molecule has 0 saturated carbocycles. The van der Waals surface area contributed by atoms with Crippen LogP contribution in [0.25, 0.3) is 0 Å². The summed E-state index contributed by atoms with van der Waals surface area (Å²) in [5.41, 5.74) is 6.60. The second-order valence-corrected chi connectivity index (χ2v) is 6.43. The number of hydrogen-bond donors (Lipinski definition) is 3. The number of aryl methyl sites for hydroxylation is 1. The van der Waals surface area contributed by atoms with E-state index in [1.54, 1.807) is 20.8 Å². The maximum Gasteiger partial charge on any atom is 0.328 e. The van der Waals surface area contributed by atoms with E-state index in [0.29, 0.717) is 5.56 Å². The van der Waals surface area contributed by atoms with Crippen molar-refractivity contribution in [3.8, 4) is 0 Å². The maximum absolute atomic E-state index is 12.0. The Morgan fingerprint density at radius 3 is 2.47 bits per heavy atom. The van der Waals surface area contributed by atoms with Gasteiger partial charge in [0.25, 0.3) is 10.0 Å². The molecule has 0 saturated heterocycles. The Hall–Kier alpha value is -1.47. The smallest absolute Gasteiger partial charge is 0.328 e. The minimum Gasteiger partial charge on any atom is -0.398 e. The molecule has 0 aromatic heterocycles. The molecule has 8 heteroatoms. The predicted molar refractivity (Wildman–Crippen MR) is 74.6 cm³/mol. The zero-order chi connectivity index (χ0) is 14.8. The Labute approximate surface area is 117 Å². The number of halogens is 1. The van der Waals surface area contributed by atoms with Gasteiger partial charge in [0.15, 0.2) is 0 Å². The van der Waals surface area contributed by atoms with Crippen molar-refractivity contribution >= 4 is 33.3 Å². The van der Waals surface area contributed by atoms with Crippen molar-refractivity contribution < 1.29 is 13.2 Å². The molecule has 0 radical (unpaired) electrons. The van der Waals surface area contributed by atoms with Crippen molar-refractivity contribution in [3.63, 3.8) is 0 Å². The number of carbonyl (C=O) groups is 1. The molecule has 0 unspecified atom stereocenters. The van der Waals surface area contributed by atoms with E-state index >= 15 is 0 Å². The maximum atomic E-state index is 12.0. The molecular formula is C11H16ClN3O3S. The lowest BCUT2D eigenvalue weighted by molar-refractivity contribution is 0.243. The van der Waals surface area contributed by atoms with Gasteiger partial charge in [0, 0.05) is 11.7 Å². The van der Waals surface area contributed by atoms with Crippen LogP contribution in [0.3, 0.4) is 0 Å². The van der Waals surface area contributed by atoms with Crippen molar-refractivity contribution in [2.45, 2.75) is 31.7 Å². The van der Waals surface area contributed by atoms with Crippen molar-refractivity contribution in [3.05, 3.63) is 22.7 Å². The van der Waals surface area contributed by atoms with Gasteiger partial charge in [0.2, 0.25) is 0 Å². The summed E-state index contributed by atoms with van der Waals surface area (Å²) in [5, 5.41) is 2.42. The molecule has 0 atom stereocenters. The normalized spacial score (nSPS) is 11.4. The second kappa shape index (κ2) is 5.66. The molecule has 4 N–H and O–H groups in total. The number of anilines is 1. The third kappa shape index (κ3) is 4.00. The van der Waals surface area contributed by atoms with Gasteiger partial charge in [-0.15, -0.1) is 0 Å². The van der Waals surface area contributed by atoms with Crippen LogP contribution in [0.1, 0.15) is 19.4 Å². The molecule has 2 amide bonds. The van der Waals surface area contributed by atoms with Crippen LogP contribution in [-0.4, -0.2) is 20.5 Å². The first-order valence-electron chi connectivity index (χ1n) is 5.52. The van der Waals surface area contributed by atoms with Crippen LogP contribution in [0.4, 0.5) is 10.5 Å². The van der Waals surface area contributed by atoms with Crippen molar-refractivity contribution in [1.29, 1.82) is 0 Å². The average molecular weight is 306 g/mol. The summed E-state index contributed by atoms with van der Waals surface area (Å²) in [4.78, 5) is 11.2. The average Bonchev–Trinajstić information content (AvgIpc) is 2.20. The summed E-state index contributed by atoms with van der Waals surface area (Å²) in [6, 6.07) is 1.66. The Bertz CT molecular complexity index is 599. The number of rotatable bonds is 3. The largest absolute Gasteiger partial charge is 0.398 e. The fourth-order valence-corrected chi connectivity index (χ4v) is 2.88. The van der Waals surface area contributed by atoms with Crippen LogP contribution < -0.4 is 15.8 Å². The summed E-state index contributed by atoms with van der Waals surface area (Å²) < 4.78 is 25.9. The zero-order valence-corrected chi connectivity index (χ0v) is 12.4. The topological polar surface area (TPSA) is 101 Å². The highest BCUT2D eigenvalue weighted by atomic mass is 35.5. The van der Waals surface area contributed by atoms with E-state index in [4.69, 9.17) is 17.3 Å². The lowest BCUT2D eigenvalue weighted by atomic mass is 10.2. The van der Waals surface area contributed by atoms with Gasteiger partial charge in [0.1, 0.15) is 4.90 Å². The number of benzene rings is 1. The van der Waals surface area contributed by atoms with E-state index in [2.05, 4.69) is 5.32 Å². The van der Waals surface area contributed by atoms with E-state index in [-0.39, 0.29) is 21.6 Å². The van der Waals surface area contributed by atoms with Gasteiger partial charge >= 0.3 is 6.03 Å². The molecule has 0 spiro atoms. The lowest BCUT2D eigenvalue weighted by Gasteiger charge is -2.12. The highest BCUT2D eigenvalue weighted by Crippen LogP contribution is 2.26. The van der Waals surface area contributed by atoms with E-state index in [1.807, 2.05) is 4.72 Å². The minimum atomic E-state index is -4.05. The molecule has 0 fully saturated rings. The van der Waals surface area contributed by atoms with Crippen molar-refractivity contribution in [2.75, 3.05) is 5.73 Å². The molecule has 1 rings (SSSR count).